The highest BCUT2D eigenvalue weighted by Crippen LogP contribution is 2.41. The zero-order valence-corrected chi connectivity index (χ0v) is 14.6. The molecular weight excluding hydrogens is 300 g/mol. The molecule has 0 unspecified atom stereocenters. The Morgan fingerprint density at radius 2 is 1.12 bits per heavy atom. The van der Waals surface area contributed by atoms with E-state index in [9.17, 15) is 0 Å². The predicted octanol–water partition coefficient (Wildman–Crippen LogP) is 6.91. The molecule has 0 saturated heterocycles. The molecule has 0 aromatic heterocycles. The van der Waals surface area contributed by atoms with Gasteiger partial charge in [0.25, 0.3) is 0 Å². The van der Waals surface area contributed by atoms with E-state index < -0.39 is 0 Å². The molecule has 0 fully saturated rings. The van der Waals surface area contributed by atoms with Gasteiger partial charge in [-0.05, 0) is 43.4 Å². The van der Waals surface area contributed by atoms with Crippen LogP contribution in [0.4, 0.5) is 0 Å². The van der Waals surface area contributed by atoms with Gasteiger partial charge < -0.3 is 0 Å². The Labute approximate surface area is 148 Å². The lowest BCUT2D eigenvalue weighted by Crippen LogP contribution is -2.19. The van der Waals surface area contributed by atoms with E-state index in [0.717, 1.165) is 0 Å². The summed E-state index contributed by atoms with van der Waals surface area (Å²) < 4.78 is 0. The molecule has 0 radical (unpaired) electrons. The third-order valence-corrected chi connectivity index (χ3v) is 5.70. The zero-order chi connectivity index (χ0) is 17.0. The molecular formula is C25H20. The van der Waals surface area contributed by atoms with Crippen LogP contribution in [-0.2, 0) is 5.41 Å². The molecule has 5 aromatic rings. The molecule has 0 N–H and O–H groups in total. The summed E-state index contributed by atoms with van der Waals surface area (Å²) in [5.41, 5.74) is 2.71. The summed E-state index contributed by atoms with van der Waals surface area (Å²) in [6.07, 6.45) is 0. The SMILES string of the molecule is CC(C)(c1ccccc1)c1ccc2ccc3cccc4ccc1c2c34. The monoisotopic (exact) mass is 320 g/mol. The molecule has 0 amide bonds. The van der Waals surface area contributed by atoms with Crippen molar-refractivity contribution in [2.45, 2.75) is 19.3 Å². The quantitative estimate of drug-likeness (QED) is 0.310. The lowest BCUT2D eigenvalue weighted by atomic mass is 9.75. The molecule has 5 aromatic carbocycles. The lowest BCUT2D eigenvalue weighted by molar-refractivity contribution is 0.647. The van der Waals surface area contributed by atoms with Crippen molar-refractivity contribution < 1.29 is 0 Å². The normalized spacial score (nSPS) is 12.4. The largest absolute Gasteiger partial charge is 0.0622 e. The van der Waals surface area contributed by atoms with Crippen molar-refractivity contribution in [2.75, 3.05) is 0 Å². The second-order valence-corrected chi connectivity index (χ2v) is 7.46. The van der Waals surface area contributed by atoms with Crippen molar-refractivity contribution in [1.29, 1.82) is 0 Å². The third kappa shape index (κ3) is 2.01. The average molecular weight is 320 g/mol. The summed E-state index contributed by atoms with van der Waals surface area (Å²) in [4.78, 5) is 0. The maximum absolute atomic E-state index is 2.33. The first-order valence-electron chi connectivity index (χ1n) is 8.89. The number of benzene rings is 5. The van der Waals surface area contributed by atoms with Gasteiger partial charge in [0.1, 0.15) is 0 Å². The molecule has 0 atom stereocenters. The fourth-order valence-electron chi connectivity index (χ4n) is 4.29. The molecule has 0 aliphatic rings. The molecule has 0 bridgehead atoms. The summed E-state index contributed by atoms with van der Waals surface area (Å²) in [7, 11) is 0. The second-order valence-electron chi connectivity index (χ2n) is 7.46. The van der Waals surface area contributed by atoms with Gasteiger partial charge in [-0.25, -0.2) is 0 Å². The standard InChI is InChI=1S/C25H20/c1-25(2,20-9-4-3-5-10-20)22-16-14-19-12-11-17-7-6-8-18-13-15-21(22)24(19)23(17)18/h3-16H,1-2H3. The minimum Gasteiger partial charge on any atom is -0.0622 e. The van der Waals surface area contributed by atoms with Crippen LogP contribution in [0.25, 0.3) is 32.3 Å². The first-order valence-corrected chi connectivity index (χ1v) is 8.89. The lowest BCUT2D eigenvalue weighted by Gasteiger charge is -2.28. The smallest absolute Gasteiger partial charge is 0.0152 e. The van der Waals surface area contributed by atoms with Gasteiger partial charge in [0.05, 0.1) is 0 Å². The average Bonchev–Trinajstić information content (AvgIpc) is 2.66. The first kappa shape index (κ1) is 14.5. The van der Waals surface area contributed by atoms with Gasteiger partial charge in [-0.1, -0.05) is 98.8 Å². The highest BCUT2D eigenvalue weighted by molar-refractivity contribution is 6.23. The van der Waals surface area contributed by atoms with Crippen molar-refractivity contribution in [1.82, 2.24) is 0 Å². The van der Waals surface area contributed by atoms with Gasteiger partial charge in [0.15, 0.2) is 0 Å². The molecule has 0 nitrogen and oxygen atoms in total. The van der Waals surface area contributed by atoms with Crippen LogP contribution >= 0.6 is 0 Å². The van der Waals surface area contributed by atoms with Gasteiger partial charge in [-0.3, -0.25) is 0 Å². The first-order chi connectivity index (χ1) is 12.2. The summed E-state index contributed by atoms with van der Waals surface area (Å²) in [6, 6.07) is 31.1. The van der Waals surface area contributed by atoms with Crippen LogP contribution in [0, 0.1) is 0 Å². The van der Waals surface area contributed by atoms with Gasteiger partial charge in [0, 0.05) is 5.41 Å². The summed E-state index contributed by atoms with van der Waals surface area (Å²) >= 11 is 0. The fraction of sp³-hybridized carbons (Fsp3) is 0.120. The Bertz CT molecular complexity index is 1180. The molecule has 120 valence electrons. The molecule has 0 saturated carbocycles. The van der Waals surface area contributed by atoms with Crippen LogP contribution < -0.4 is 0 Å². The third-order valence-electron chi connectivity index (χ3n) is 5.70. The van der Waals surface area contributed by atoms with Crippen molar-refractivity contribution >= 4 is 32.3 Å². The van der Waals surface area contributed by atoms with E-state index in [4.69, 9.17) is 0 Å². The molecule has 0 aliphatic carbocycles. The Morgan fingerprint density at radius 1 is 0.520 bits per heavy atom. The minimum atomic E-state index is -0.0381. The summed E-state index contributed by atoms with van der Waals surface area (Å²) in [5, 5.41) is 8.14. The Kier molecular flexibility index (Phi) is 2.93. The number of rotatable bonds is 2. The van der Waals surface area contributed by atoms with Crippen LogP contribution in [0.15, 0.2) is 84.9 Å². The summed E-state index contributed by atoms with van der Waals surface area (Å²) in [6.45, 7) is 4.66. The topological polar surface area (TPSA) is 0 Å². The second kappa shape index (κ2) is 5.07. The zero-order valence-electron chi connectivity index (χ0n) is 14.6. The molecule has 0 spiro atoms. The Hall–Kier alpha value is -2.86. The number of hydrogen-bond donors (Lipinski definition) is 0. The maximum atomic E-state index is 2.33. The van der Waals surface area contributed by atoms with Crippen LogP contribution in [0.5, 0.6) is 0 Å². The van der Waals surface area contributed by atoms with E-state index in [-0.39, 0.29) is 5.41 Å². The van der Waals surface area contributed by atoms with Gasteiger partial charge in [-0.2, -0.15) is 0 Å². The van der Waals surface area contributed by atoms with Gasteiger partial charge >= 0.3 is 0 Å². The molecule has 25 heavy (non-hydrogen) atoms. The van der Waals surface area contributed by atoms with Gasteiger partial charge in [-0.15, -0.1) is 0 Å². The van der Waals surface area contributed by atoms with E-state index >= 15 is 0 Å². The van der Waals surface area contributed by atoms with Crippen LogP contribution in [0.3, 0.4) is 0 Å². The van der Waals surface area contributed by atoms with Crippen LogP contribution in [0.1, 0.15) is 25.0 Å². The number of hydrogen-bond acceptors (Lipinski definition) is 0. The molecule has 0 aliphatic heterocycles. The molecule has 5 rings (SSSR count). The van der Waals surface area contributed by atoms with Crippen molar-refractivity contribution in [3.63, 3.8) is 0 Å². The highest BCUT2D eigenvalue weighted by atomic mass is 14.3. The molecule has 0 heteroatoms. The van der Waals surface area contributed by atoms with E-state index in [0.29, 0.717) is 0 Å². The summed E-state index contributed by atoms with van der Waals surface area (Å²) in [5.74, 6) is 0. The Morgan fingerprint density at radius 3 is 1.84 bits per heavy atom. The predicted molar refractivity (Wildman–Crippen MR) is 109 cm³/mol. The molecule has 0 heterocycles. The van der Waals surface area contributed by atoms with E-state index in [1.54, 1.807) is 0 Å². The van der Waals surface area contributed by atoms with Crippen molar-refractivity contribution in [2.24, 2.45) is 0 Å². The van der Waals surface area contributed by atoms with Crippen LogP contribution in [0.2, 0.25) is 0 Å². The van der Waals surface area contributed by atoms with Crippen molar-refractivity contribution in [3.05, 3.63) is 96.1 Å². The van der Waals surface area contributed by atoms with E-state index in [2.05, 4.69) is 98.8 Å². The maximum Gasteiger partial charge on any atom is 0.0152 e. The fourth-order valence-corrected chi connectivity index (χ4v) is 4.29. The minimum absolute atomic E-state index is 0.0381. The van der Waals surface area contributed by atoms with Crippen molar-refractivity contribution in [3.8, 4) is 0 Å². The van der Waals surface area contributed by atoms with Gasteiger partial charge in [0.2, 0.25) is 0 Å². The van der Waals surface area contributed by atoms with Crippen LogP contribution in [-0.4, -0.2) is 0 Å². The van der Waals surface area contributed by atoms with E-state index in [1.165, 1.54) is 43.4 Å². The Balaban J connectivity index is 1.91. The highest BCUT2D eigenvalue weighted by Gasteiger charge is 2.25. The van der Waals surface area contributed by atoms with E-state index in [1.807, 2.05) is 0 Å².